The number of carbonyl (C=O) groups is 1. The van der Waals surface area contributed by atoms with Crippen LogP contribution in [0.25, 0.3) is 6.08 Å². The van der Waals surface area contributed by atoms with E-state index in [4.69, 9.17) is 18.9 Å². The molecule has 0 atom stereocenters. The molecule has 0 unspecified atom stereocenters. The standard InChI is InChI=1S/C19H19BrO5/c1-22-16-8-6-13(10-17(16)23-2)15(21)7-5-12-9-18(24-3)19(25-4)11-14(12)20/h5-11H,1-4H3/b7-5+. The molecule has 0 aliphatic heterocycles. The Kier molecular flexibility index (Phi) is 6.47. The lowest BCUT2D eigenvalue weighted by Gasteiger charge is -2.10. The average Bonchev–Trinajstić information content (AvgIpc) is 2.65. The second-order valence-electron chi connectivity index (χ2n) is 5.00. The smallest absolute Gasteiger partial charge is 0.185 e. The van der Waals surface area contributed by atoms with Crippen LogP contribution in [0, 0.1) is 0 Å². The molecule has 0 bridgehead atoms. The molecule has 2 aromatic rings. The van der Waals surface area contributed by atoms with Gasteiger partial charge in [0, 0.05) is 10.0 Å². The predicted molar refractivity (Wildman–Crippen MR) is 100 cm³/mol. The lowest BCUT2D eigenvalue weighted by Crippen LogP contribution is -1.97. The van der Waals surface area contributed by atoms with Crippen molar-refractivity contribution in [2.75, 3.05) is 28.4 Å². The first-order valence-corrected chi connectivity index (χ1v) is 8.19. The Morgan fingerprint density at radius 2 is 1.40 bits per heavy atom. The number of hydrogen-bond acceptors (Lipinski definition) is 5. The van der Waals surface area contributed by atoms with Gasteiger partial charge in [0.15, 0.2) is 28.8 Å². The molecule has 0 spiro atoms. The molecule has 0 amide bonds. The maximum absolute atomic E-state index is 12.4. The summed E-state index contributed by atoms with van der Waals surface area (Å²) in [7, 11) is 6.21. The van der Waals surface area contributed by atoms with E-state index in [1.165, 1.54) is 13.2 Å². The molecule has 0 aliphatic carbocycles. The van der Waals surface area contributed by atoms with Crippen LogP contribution in [0.15, 0.2) is 40.9 Å². The molecular weight excluding hydrogens is 388 g/mol. The molecular formula is C19H19BrO5. The summed E-state index contributed by atoms with van der Waals surface area (Å²) in [6.07, 6.45) is 3.21. The first-order valence-electron chi connectivity index (χ1n) is 7.40. The highest BCUT2D eigenvalue weighted by atomic mass is 79.9. The minimum Gasteiger partial charge on any atom is -0.493 e. The van der Waals surface area contributed by atoms with Crippen LogP contribution in [-0.2, 0) is 0 Å². The fourth-order valence-electron chi connectivity index (χ4n) is 2.25. The van der Waals surface area contributed by atoms with E-state index >= 15 is 0 Å². The van der Waals surface area contributed by atoms with Gasteiger partial charge in [0.05, 0.1) is 28.4 Å². The summed E-state index contributed by atoms with van der Waals surface area (Å²) in [5, 5.41) is 0. The molecule has 2 rings (SSSR count). The van der Waals surface area contributed by atoms with E-state index in [-0.39, 0.29) is 5.78 Å². The Labute approximate surface area is 155 Å². The number of halogens is 1. The summed E-state index contributed by atoms with van der Waals surface area (Å²) >= 11 is 3.46. The highest BCUT2D eigenvalue weighted by molar-refractivity contribution is 9.10. The minimum absolute atomic E-state index is 0.150. The highest BCUT2D eigenvalue weighted by Gasteiger charge is 2.10. The zero-order chi connectivity index (χ0) is 18.4. The van der Waals surface area contributed by atoms with E-state index in [2.05, 4.69) is 15.9 Å². The van der Waals surface area contributed by atoms with Gasteiger partial charge < -0.3 is 18.9 Å². The summed E-state index contributed by atoms with van der Waals surface area (Å²) in [6, 6.07) is 8.62. The lowest BCUT2D eigenvalue weighted by atomic mass is 10.1. The summed E-state index contributed by atoms with van der Waals surface area (Å²) < 4.78 is 21.7. The quantitative estimate of drug-likeness (QED) is 0.504. The monoisotopic (exact) mass is 406 g/mol. The van der Waals surface area contributed by atoms with E-state index < -0.39 is 0 Å². The van der Waals surface area contributed by atoms with Gasteiger partial charge in [-0.3, -0.25) is 4.79 Å². The van der Waals surface area contributed by atoms with Gasteiger partial charge in [-0.25, -0.2) is 0 Å². The topological polar surface area (TPSA) is 54.0 Å². The fraction of sp³-hybridized carbons (Fsp3) is 0.211. The molecule has 2 aromatic carbocycles. The van der Waals surface area contributed by atoms with Crippen LogP contribution in [0.1, 0.15) is 15.9 Å². The first-order chi connectivity index (χ1) is 12.0. The van der Waals surface area contributed by atoms with E-state index in [1.54, 1.807) is 57.7 Å². The van der Waals surface area contributed by atoms with Gasteiger partial charge in [-0.05, 0) is 48.0 Å². The third-order valence-electron chi connectivity index (χ3n) is 3.59. The van der Waals surface area contributed by atoms with Gasteiger partial charge in [0.25, 0.3) is 0 Å². The second kappa shape index (κ2) is 8.58. The Morgan fingerprint density at radius 1 is 0.840 bits per heavy atom. The summed E-state index contributed by atoms with van der Waals surface area (Å²) in [5.41, 5.74) is 1.30. The van der Waals surface area contributed by atoms with Crippen LogP contribution in [0.4, 0.5) is 0 Å². The number of carbonyl (C=O) groups excluding carboxylic acids is 1. The molecule has 132 valence electrons. The molecule has 5 nitrogen and oxygen atoms in total. The van der Waals surface area contributed by atoms with Crippen molar-refractivity contribution in [1.29, 1.82) is 0 Å². The van der Waals surface area contributed by atoms with Gasteiger partial charge in [-0.15, -0.1) is 0 Å². The zero-order valence-electron chi connectivity index (χ0n) is 14.5. The van der Waals surface area contributed by atoms with Crippen LogP contribution in [0.3, 0.4) is 0 Å². The molecule has 0 saturated heterocycles. The number of allylic oxidation sites excluding steroid dienone is 1. The maximum Gasteiger partial charge on any atom is 0.185 e. The van der Waals surface area contributed by atoms with Crippen molar-refractivity contribution < 1.29 is 23.7 Å². The van der Waals surface area contributed by atoms with Crippen molar-refractivity contribution in [3.8, 4) is 23.0 Å². The number of ketones is 1. The molecule has 0 heterocycles. The second-order valence-corrected chi connectivity index (χ2v) is 5.85. The molecule has 0 radical (unpaired) electrons. The van der Waals surface area contributed by atoms with Crippen molar-refractivity contribution in [1.82, 2.24) is 0 Å². The molecule has 0 saturated carbocycles. The van der Waals surface area contributed by atoms with Gasteiger partial charge in [-0.2, -0.15) is 0 Å². The molecule has 0 fully saturated rings. The summed E-state index contributed by atoms with van der Waals surface area (Å²) in [4.78, 5) is 12.4. The van der Waals surface area contributed by atoms with Crippen LogP contribution in [0.2, 0.25) is 0 Å². The van der Waals surface area contributed by atoms with Crippen molar-refractivity contribution in [3.63, 3.8) is 0 Å². The lowest BCUT2D eigenvalue weighted by molar-refractivity contribution is 0.104. The molecule has 0 aromatic heterocycles. The number of hydrogen-bond donors (Lipinski definition) is 0. The fourth-order valence-corrected chi connectivity index (χ4v) is 2.70. The first kappa shape index (κ1) is 18.9. The van der Waals surface area contributed by atoms with Crippen molar-refractivity contribution >= 4 is 27.8 Å². The third kappa shape index (κ3) is 4.33. The normalized spacial score (nSPS) is 10.6. The molecule has 25 heavy (non-hydrogen) atoms. The Bertz CT molecular complexity index is 799. The largest absolute Gasteiger partial charge is 0.493 e. The van der Waals surface area contributed by atoms with E-state index in [1.807, 2.05) is 0 Å². The third-order valence-corrected chi connectivity index (χ3v) is 4.27. The van der Waals surface area contributed by atoms with Crippen molar-refractivity contribution in [2.24, 2.45) is 0 Å². The SMILES string of the molecule is COc1ccc(C(=O)/C=C/c2cc(OC)c(OC)cc2Br)cc1OC. The Balaban J connectivity index is 2.29. The molecule has 0 N–H and O–H groups in total. The van der Waals surface area contributed by atoms with Crippen LogP contribution in [0.5, 0.6) is 23.0 Å². The summed E-state index contributed by atoms with van der Waals surface area (Å²) in [6.45, 7) is 0. The number of ether oxygens (including phenoxy) is 4. The van der Waals surface area contributed by atoms with Crippen LogP contribution < -0.4 is 18.9 Å². The van der Waals surface area contributed by atoms with Crippen molar-refractivity contribution in [3.05, 3.63) is 52.0 Å². The van der Waals surface area contributed by atoms with Gasteiger partial charge in [0.1, 0.15) is 0 Å². The Hall–Kier alpha value is -2.47. The number of benzene rings is 2. The van der Waals surface area contributed by atoms with Crippen molar-refractivity contribution in [2.45, 2.75) is 0 Å². The molecule has 6 heteroatoms. The number of methoxy groups -OCH3 is 4. The van der Waals surface area contributed by atoms with Crippen LogP contribution in [-0.4, -0.2) is 34.2 Å². The maximum atomic E-state index is 12.4. The van der Waals surface area contributed by atoms with Gasteiger partial charge in [0.2, 0.25) is 0 Å². The van der Waals surface area contributed by atoms with Crippen LogP contribution >= 0.6 is 15.9 Å². The zero-order valence-corrected chi connectivity index (χ0v) is 16.0. The average molecular weight is 407 g/mol. The predicted octanol–water partition coefficient (Wildman–Crippen LogP) is 4.38. The Morgan fingerprint density at radius 3 is 2.00 bits per heavy atom. The van der Waals surface area contributed by atoms with Gasteiger partial charge in [-0.1, -0.05) is 15.9 Å². The van der Waals surface area contributed by atoms with E-state index in [0.29, 0.717) is 28.6 Å². The van der Waals surface area contributed by atoms with E-state index in [9.17, 15) is 4.79 Å². The number of rotatable bonds is 7. The van der Waals surface area contributed by atoms with E-state index in [0.717, 1.165) is 10.0 Å². The van der Waals surface area contributed by atoms with Gasteiger partial charge >= 0.3 is 0 Å². The highest BCUT2D eigenvalue weighted by Crippen LogP contribution is 2.34. The summed E-state index contributed by atoms with van der Waals surface area (Å²) in [5.74, 6) is 2.13. The molecule has 0 aliphatic rings. The minimum atomic E-state index is -0.150.